The Bertz CT molecular complexity index is 901. The Balaban J connectivity index is 1.34. The van der Waals surface area contributed by atoms with Crippen LogP contribution in [0.1, 0.15) is 45.4 Å². The molecule has 4 rings (SSSR count). The molecule has 3 heterocycles. The maximum absolute atomic E-state index is 6.55. The first-order valence-electron chi connectivity index (χ1n) is 12.5. The van der Waals surface area contributed by atoms with E-state index in [1.54, 1.807) is 13.3 Å². The van der Waals surface area contributed by atoms with Crippen LogP contribution in [0.3, 0.4) is 0 Å². The smallest absolute Gasteiger partial charge is 0.126 e. The molecule has 1 atom stereocenters. The first-order valence-corrected chi connectivity index (χ1v) is 12.9. The number of nitrogens with one attached hydrogen (secondary N) is 3. The fourth-order valence-electron chi connectivity index (χ4n) is 4.95. The molecule has 0 radical (unpaired) electrons. The average molecular weight is 488 g/mol. The van der Waals surface area contributed by atoms with E-state index in [0.29, 0.717) is 29.1 Å². The van der Waals surface area contributed by atoms with Crippen LogP contribution in [0.2, 0.25) is 5.02 Å². The summed E-state index contributed by atoms with van der Waals surface area (Å²) in [5, 5.41) is 11.5. The highest BCUT2D eigenvalue weighted by atomic mass is 35.5. The number of pyridine rings is 2. The van der Waals surface area contributed by atoms with Crippen LogP contribution < -0.4 is 16.0 Å². The van der Waals surface area contributed by atoms with Crippen molar-refractivity contribution in [2.45, 2.75) is 63.6 Å². The van der Waals surface area contributed by atoms with Crippen molar-refractivity contribution >= 4 is 23.1 Å². The Morgan fingerprint density at radius 1 is 1.06 bits per heavy atom. The molecule has 3 N–H and O–H groups in total. The Labute approximate surface area is 208 Å². The third kappa shape index (κ3) is 7.28. The second-order valence-electron chi connectivity index (χ2n) is 9.66. The molecule has 0 bridgehead atoms. The van der Waals surface area contributed by atoms with Gasteiger partial charge in [-0.25, -0.2) is 4.98 Å². The summed E-state index contributed by atoms with van der Waals surface area (Å²) in [6, 6.07) is 5.53. The summed E-state index contributed by atoms with van der Waals surface area (Å²) in [4.78, 5) is 9.00. The molecular formula is C26H38ClN5O2. The van der Waals surface area contributed by atoms with Gasteiger partial charge in [-0.3, -0.25) is 4.98 Å². The highest BCUT2D eigenvalue weighted by Gasteiger charge is 2.22. The molecule has 8 heteroatoms. The van der Waals surface area contributed by atoms with Gasteiger partial charge in [0.15, 0.2) is 0 Å². The van der Waals surface area contributed by atoms with Gasteiger partial charge in [-0.2, -0.15) is 0 Å². The molecular weight excluding hydrogens is 450 g/mol. The number of ether oxygens (including phenoxy) is 2. The van der Waals surface area contributed by atoms with Crippen LogP contribution in [0.4, 0.5) is 11.5 Å². The number of rotatable bonds is 10. The molecule has 1 saturated carbocycles. The Hall–Kier alpha value is -1.93. The topological polar surface area (TPSA) is 80.3 Å². The lowest BCUT2D eigenvalue weighted by molar-refractivity contribution is 0.0699. The Kier molecular flexibility index (Phi) is 9.39. The Morgan fingerprint density at radius 2 is 1.82 bits per heavy atom. The molecule has 1 saturated heterocycles. The van der Waals surface area contributed by atoms with Gasteiger partial charge in [0, 0.05) is 74.7 Å². The lowest BCUT2D eigenvalue weighted by Crippen LogP contribution is -2.42. The highest BCUT2D eigenvalue weighted by molar-refractivity contribution is 6.33. The van der Waals surface area contributed by atoms with Crippen LogP contribution in [-0.4, -0.2) is 61.6 Å². The molecule has 186 valence electrons. The summed E-state index contributed by atoms with van der Waals surface area (Å²) in [6.07, 6.45) is 12.2. The third-order valence-corrected chi connectivity index (χ3v) is 7.16. The molecule has 0 spiro atoms. The van der Waals surface area contributed by atoms with Gasteiger partial charge in [-0.15, -0.1) is 0 Å². The van der Waals surface area contributed by atoms with Crippen molar-refractivity contribution in [2.24, 2.45) is 5.92 Å². The zero-order chi connectivity index (χ0) is 23.8. The van der Waals surface area contributed by atoms with Crippen LogP contribution >= 0.6 is 11.6 Å². The quantitative estimate of drug-likeness (QED) is 0.436. The number of nitrogens with zero attached hydrogens (tertiary/aromatic N) is 2. The first-order chi connectivity index (χ1) is 16.6. The van der Waals surface area contributed by atoms with Crippen LogP contribution in [-0.2, 0) is 9.47 Å². The minimum Gasteiger partial charge on any atom is -0.384 e. The molecule has 1 aliphatic heterocycles. The van der Waals surface area contributed by atoms with E-state index in [1.807, 2.05) is 18.5 Å². The van der Waals surface area contributed by atoms with E-state index >= 15 is 0 Å². The van der Waals surface area contributed by atoms with Gasteiger partial charge in [0.2, 0.25) is 0 Å². The molecule has 0 amide bonds. The van der Waals surface area contributed by atoms with E-state index in [1.165, 1.54) is 0 Å². The number of anilines is 2. The largest absolute Gasteiger partial charge is 0.384 e. The van der Waals surface area contributed by atoms with Crippen molar-refractivity contribution in [1.82, 2.24) is 15.3 Å². The molecule has 2 aromatic rings. The molecule has 2 fully saturated rings. The predicted molar refractivity (Wildman–Crippen MR) is 139 cm³/mol. The number of hydrogen-bond acceptors (Lipinski definition) is 7. The minimum atomic E-state index is 0.385. The molecule has 7 nitrogen and oxygen atoms in total. The zero-order valence-corrected chi connectivity index (χ0v) is 21.1. The van der Waals surface area contributed by atoms with Gasteiger partial charge in [0.25, 0.3) is 0 Å². The van der Waals surface area contributed by atoms with E-state index in [9.17, 15) is 0 Å². The fraction of sp³-hybridized carbons (Fsp3) is 0.615. The van der Waals surface area contributed by atoms with E-state index in [4.69, 9.17) is 21.1 Å². The van der Waals surface area contributed by atoms with Gasteiger partial charge in [0.05, 0.1) is 17.3 Å². The number of aromatic nitrogens is 2. The van der Waals surface area contributed by atoms with Crippen molar-refractivity contribution in [1.29, 1.82) is 0 Å². The summed E-state index contributed by atoms with van der Waals surface area (Å²) in [5.41, 5.74) is 2.96. The lowest BCUT2D eigenvalue weighted by atomic mass is 9.90. The highest BCUT2D eigenvalue weighted by Crippen LogP contribution is 2.31. The first kappa shape index (κ1) is 25.2. The second-order valence-corrected chi connectivity index (χ2v) is 10.1. The number of halogens is 1. The SMILES string of the molecule is COC[C@H](C)N[C@H]1CC[C@H](Nc2cc(-c3cncc(NCC4CCOCC4)c3)c(Cl)cn2)CC1. The van der Waals surface area contributed by atoms with Gasteiger partial charge in [-0.05, 0) is 63.5 Å². The molecule has 2 aromatic heterocycles. The third-order valence-electron chi connectivity index (χ3n) is 6.86. The monoisotopic (exact) mass is 487 g/mol. The van der Waals surface area contributed by atoms with Crippen LogP contribution in [0, 0.1) is 5.92 Å². The average Bonchev–Trinajstić information content (AvgIpc) is 2.86. The summed E-state index contributed by atoms with van der Waals surface area (Å²) >= 11 is 6.55. The maximum atomic E-state index is 6.55. The lowest BCUT2D eigenvalue weighted by Gasteiger charge is -2.32. The normalized spacial score (nSPS) is 22.3. The van der Waals surface area contributed by atoms with Gasteiger partial charge < -0.3 is 25.4 Å². The van der Waals surface area contributed by atoms with Gasteiger partial charge >= 0.3 is 0 Å². The van der Waals surface area contributed by atoms with E-state index in [2.05, 4.69) is 38.9 Å². The molecule has 34 heavy (non-hydrogen) atoms. The molecule has 0 aromatic carbocycles. The van der Waals surface area contributed by atoms with Crippen LogP contribution in [0.15, 0.2) is 30.7 Å². The van der Waals surface area contributed by atoms with Crippen molar-refractivity contribution in [2.75, 3.05) is 44.1 Å². The standard InChI is InChI=1S/C26H38ClN5O2/c1-18(17-33-2)31-21-3-5-22(6-4-21)32-26-12-24(25(27)16-30-26)20-11-23(15-28-14-20)29-13-19-7-9-34-10-8-19/h11-12,14-16,18-19,21-22,29,31H,3-10,13,17H2,1-2H3,(H,30,32)/t18-,21-,22-/m0/s1. The summed E-state index contributed by atoms with van der Waals surface area (Å²) in [6.45, 7) is 5.58. The van der Waals surface area contributed by atoms with Crippen LogP contribution in [0.25, 0.3) is 11.1 Å². The summed E-state index contributed by atoms with van der Waals surface area (Å²) in [5.74, 6) is 1.51. The second kappa shape index (κ2) is 12.7. The van der Waals surface area contributed by atoms with Crippen molar-refractivity contribution in [3.8, 4) is 11.1 Å². The molecule has 1 aliphatic carbocycles. The van der Waals surface area contributed by atoms with E-state index in [-0.39, 0.29) is 0 Å². The van der Waals surface area contributed by atoms with E-state index < -0.39 is 0 Å². The fourth-order valence-corrected chi connectivity index (χ4v) is 5.16. The number of methoxy groups -OCH3 is 1. The Morgan fingerprint density at radius 3 is 2.59 bits per heavy atom. The van der Waals surface area contributed by atoms with Crippen molar-refractivity contribution < 1.29 is 9.47 Å². The molecule has 0 unspecified atom stereocenters. The van der Waals surface area contributed by atoms with Crippen LogP contribution in [0.5, 0.6) is 0 Å². The zero-order valence-electron chi connectivity index (χ0n) is 20.4. The number of hydrogen-bond donors (Lipinski definition) is 3. The van der Waals surface area contributed by atoms with Crippen molar-refractivity contribution in [3.05, 3.63) is 35.7 Å². The minimum absolute atomic E-state index is 0.385. The molecule has 2 aliphatic rings. The maximum Gasteiger partial charge on any atom is 0.126 e. The van der Waals surface area contributed by atoms with Gasteiger partial charge in [0.1, 0.15) is 5.82 Å². The summed E-state index contributed by atoms with van der Waals surface area (Å²) < 4.78 is 10.7. The summed E-state index contributed by atoms with van der Waals surface area (Å²) in [7, 11) is 1.75. The van der Waals surface area contributed by atoms with Crippen molar-refractivity contribution in [3.63, 3.8) is 0 Å². The van der Waals surface area contributed by atoms with Gasteiger partial charge in [-0.1, -0.05) is 11.6 Å². The predicted octanol–water partition coefficient (Wildman–Crippen LogP) is 4.98. The van der Waals surface area contributed by atoms with E-state index in [0.717, 1.165) is 87.5 Å².